The molecule has 1 N–H and O–H groups in total. The van der Waals surface area contributed by atoms with Crippen LogP contribution in [-0.4, -0.2) is 19.2 Å². The van der Waals surface area contributed by atoms with Gasteiger partial charge < -0.3 is 10.1 Å². The van der Waals surface area contributed by atoms with Crippen molar-refractivity contribution < 1.29 is 4.74 Å². The second-order valence-electron chi connectivity index (χ2n) is 5.98. The molecule has 0 radical (unpaired) electrons. The normalized spacial score (nSPS) is 14.3. The lowest BCUT2D eigenvalue weighted by Crippen LogP contribution is -2.40. The van der Waals surface area contributed by atoms with Crippen LogP contribution in [0.5, 0.6) is 5.75 Å². The molecule has 0 aliphatic heterocycles. The molecule has 1 rings (SSSR count). The summed E-state index contributed by atoms with van der Waals surface area (Å²) in [5.41, 5.74) is 1.36. The summed E-state index contributed by atoms with van der Waals surface area (Å²) in [5, 5.41) is 3.59. The minimum atomic E-state index is 0.435. The topological polar surface area (TPSA) is 21.3 Å². The third kappa shape index (κ3) is 5.54. The molecule has 0 bridgehead atoms. The third-order valence-corrected chi connectivity index (χ3v) is 3.96. The Kier molecular flexibility index (Phi) is 7.68. The maximum atomic E-state index is 5.96. The van der Waals surface area contributed by atoms with Gasteiger partial charge in [0, 0.05) is 6.04 Å². The fourth-order valence-corrected chi connectivity index (χ4v) is 2.17. The van der Waals surface area contributed by atoms with Gasteiger partial charge in [0.25, 0.3) is 0 Å². The first kappa shape index (κ1) is 17.0. The van der Waals surface area contributed by atoms with Gasteiger partial charge in [-0.05, 0) is 42.5 Å². The van der Waals surface area contributed by atoms with Crippen molar-refractivity contribution in [1.29, 1.82) is 0 Å². The first-order valence-electron chi connectivity index (χ1n) is 8.04. The molecule has 0 aliphatic carbocycles. The van der Waals surface area contributed by atoms with Crippen molar-refractivity contribution in [3.63, 3.8) is 0 Å². The lowest BCUT2D eigenvalue weighted by molar-refractivity contribution is 0.220. The highest BCUT2D eigenvalue weighted by molar-refractivity contribution is 5.28. The largest absolute Gasteiger partial charge is 0.492 e. The molecule has 0 fully saturated rings. The van der Waals surface area contributed by atoms with Crippen LogP contribution in [0.25, 0.3) is 0 Å². The van der Waals surface area contributed by atoms with Gasteiger partial charge in [0.2, 0.25) is 0 Å². The van der Waals surface area contributed by atoms with Crippen LogP contribution in [0.15, 0.2) is 24.3 Å². The molecule has 2 heteroatoms. The molecular weight excluding hydrogens is 246 g/mol. The van der Waals surface area contributed by atoms with Crippen molar-refractivity contribution in [2.24, 2.45) is 5.92 Å². The number of nitrogens with one attached hydrogen (secondary N) is 1. The zero-order valence-corrected chi connectivity index (χ0v) is 13.8. The molecule has 0 saturated carbocycles. The van der Waals surface area contributed by atoms with E-state index in [9.17, 15) is 0 Å². The van der Waals surface area contributed by atoms with E-state index in [1.165, 1.54) is 12.0 Å². The van der Waals surface area contributed by atoms with Gasteiger partial charge in [0.15, 0.2) is 0 Å². The maximum absolute atomic E-state index is 5.96. The Labute approximate surface area is 124 Å². The van der Waals surface area contributed by atoms with Crippen molar-refractivity contribution in [1.82, 2.24) is 5.32 Å². The second kappa shape index (κ2) is 9.02. The van der Waals surface area contributed by atoms with Crippen LogP contribution in [0.1, 0.15) is 58.9 Å². The highest BCUT2D eigenvalue weighted by Crippen LogP contribution is 2.19. The summed E-state index contributed by atoms with van der Waals surface area (Å²) in [4.78, 5) is 0. The van der Waals surface area contributed by atoms with Crippen molar-refractivity contribution in [3.8, 4) is 5.75 Å². The van der Waals surface area contributed by atoms with Crippen LogP contribution in [-0.2, 0) is 0 Å². The molecule has 1 aromatic rings. The number of benzene rings is 1. The summed E-state index contributed by atoms with van der Waals surface area (Å²) in [6.45, 7) is 13.0. The Morgan fingerprint density at radius 1 is 1.05 bits per heavy atom. The smallest absolute Gasteiger partial charge is 0.119 e. The van der Waals surface area contributed by atoms with E-state index in [4.69, 9.17) is 4.74 Å². The third-order valence-electron chi connectivity index (χ3n) is 3.96. The van der Waals surface area contributed by atoms with Gasteiger partial charge in [-0.1, -0.05) is 53.2 Å². The first-order valence-corrected chi connectivity index (χ1v) is 8.04. The van der Waals surface area contributed by atoms with Crippen LogP contribution >= 0.6 is 0 Å². The molecule has 0 aliphatic rings. The highest BCUT2D eigenvalue weighted by atomic mass is 16.5. The van der Waals surface area contributed by atoms with E-state index in [1.807, 2.05) is 0 Å². The average molecular weight is 277 g/mol. The zero-order chi connectivity index (χ0) is 15.0. The molecule has 20 heavy (non-hydrogen) atoms. The predicted octanol–water partition coefficient (Wildman–Crippen LogP) is 4.60. The Balaban J connectivity index is 2.53. The van der Waals surface area contributed by atoms with Gasteiger partial charge in [-0.2, -0.15) is 0 Å². The van der Waals surface area contributed by atoms with Gasteiger partial charge in [0.05, 0.1) is 0 Å². The van der Waals surface area contributed by atoms with Crippen molar-refractivity contribution in [2.75, 3.05) is 13.2 Å². The Hall–Kier alpha value is -1.02. The van der Waals surface area contributed by atoms with E-state index in [0.717, 1.165) is 25.3 Å². The Bertz CT molecular complexity index is 358. The highest BCUT2D eigenvalue weighted by Gasteiger charge is 2.15. The van der Waals surface area contributed by atoms with E-state index >= 15 is 0 Å². The summed E-state index contributed by atoms with van der Waals surface area (Å²) in [6, 6.07) is 8.94. The fraction of sp³-hybridized carbons (Fsp3) is 0.667. The quantitative estimate of drug-likeness (QED) is 0.712. The van der Waals surface area contributed by atoms with E-state index in [1.54, 1.807) is 0 Å². The predicted molar refractivity (Wildman–Crippen MR) is 87.6 cm³/mol. The second-order valence-corrected chi connectivity index (χ2v) is 5.98. The Morgan fingerprint density at radius 2 is 1.70 bits per heavy atom. The van der Waals surface area contributed by atoms with Crippen molar-refractivity contribution in [3.05, 3.63) is 29.8 Å². The summed E-state index contributed by atoms with van der Waals surface area (Å²) in [7, 11) is 0. The summed E-state index contributed by atoms with van der Waals surface area (Å²) in [6.07, 6.45) is 2.34. The summed E-state index contributed by atoms with van der Waals surface area (Å²) < 4.78 is 5.96. The SMILES string of the molecule is CCCNC(COc1ccc(C(C)C)cc1)C(C)CC. The van der Waals surface area contributed by atoms with Crippen molar-refractivity contribution >= 4 is 0 Å². The molecule has 0 saturated heterocycles. The molecular formula is C18H31NO. The van der Waals surface area contributed by atoms with Crippen LogP contribution in [0.4, 0.5) is 0 Å². The van der Waals surface area contributed by atoms with Gasteiger partial charge in [-0.15, -0.1) is 0 Å². The molecule has 0 spiro atoms. The summed E-state index contributed by atoms with van der Waals surface area (Å²) >= 11 is 0. The number of ether oxygens (including phenoxy) is 1. The van der Waals surface area contributed by atoms with Crippen LogP contribution in [0.2, 0.25) is 0 Å². The molecule has 2 atom stereocenters. The molecule has 2 unspecified atom stereocenters. The number of rotatable bonds is 9. The summed E-state index contributed by atoms with van der Waals surface area (Å²) in [5.74, 6) is 2.18. The van der Waals surface area contributed by atoms with Crippen molar-refractivity contribution in [2.45, 2.75) is 59.4 Å². The van der Waals surface area contributed by atoms with E-state index in [-0.39, 0.29) is 0 Å². The first-order chi connectivity index (χ1) is 9.58. The molecule has 2 nitrogen and oxygen atoms in total. The fourth-order valence-electron chi connectivity index (χ4n) is 2.17. The molecule has 0 amide bonds. The van der Waals surface area contributed by atoms with Gasteiger partial charge in [-0.25, -0.2) is 0 Å². The maximum Gasteiger partial charge on any atom is 0.119 e. The Morgan fingerprint density at radius 3 is 2.20 bits per heavy atom. The zero-order valence-electron chi connectivity index (χ0n) is 13.8. The lowest BCUT2D eigenvalue weighted by Gasteiger charge is -2.24. The minimum absolute atomic E-state index is 0.435. The van der Waals surface area contributed by atoms with Gasteiger partial charge in [-0.3, -0.25) is 0 Å². The molecule has 1 aromatic carbocycles. The minimum Gasteiger partial charge on any atom is -0.492 e. The van der Waals surface area contributed by atoms with E-state index in [2.05, 4.69) is 64.2 Å². The van der Waals surface area contributed by atoms with Crippen LogP contribution < -0.4 is 10.1 Å². The van der Waals surface area contributed by atoms with Gasteiger partial charge in [0.1, 0.15) is 12.4 Å². The molecule has 114 valence electrons. The van der Waals surface area contributed by atoms with Gasteiger partial charge >= 0.3 is 0 Å². The van der Waals surface area contributed by atoms with Crippen LogP contribution in [0.3, 0.4) is 0 Å². The van der Waals surface area contributed by atoms with E-state index in [0.29, 0.717) is 17.9 Å². The number of hydrogen-bond acceptors (Lipinski definition) is 2. The van der Waals surface area contributed by atoms with Crippen LogP contribution in [0, 0.1) is 5.92 Å². The molecule has 0 aromatic heterocycles. The molecule has 0 heterocycles. The monoisotopic (exact) mass is 277 g/mol. The average Bonchev–Trinajstić information content (AvgIpc) is 2.47. The lowest BCUT2D eigenvalue weighted by atomic mass is 10.00. The van der Waals surface area contributed by atoms with E-state index < -0.39 is 0 Å². The number of hydrogen-bond donors (Lipinski definition) is 1. The standard InChI is InChI=1S/C18H31NO/c1-6-12-19-18(15(5)7-2)13-20-17-10-8-16(9-11-17)14(3)4/h8-11,14-15,18-19H,6-7,12-13H2,1-5H3.